The number of carbonyl (C=O) groups excluding carboxylic acids is 1. The van der Waals surface area contributed by atoms with Crippen LogP contribution >= 0.6 is 0 Å². The lowest BCUT2D eigenvalue weighted by Crippen LogP contribution is -2.22. The third-order valence-electron chi connectivity index (χ3n) is 6.29. The summed E-state index contributed by atoms with van der Waals surface area (Å²) >= 11 is 0. The van der Waals surface area contributed by atoms with Crippen molar-refractivity contribution in [3.05, 3.63) is 77.6 Å². The molecule has 3 N–H and O–H groups in total. The highest BCUT2D eigenvalue weighted by Crippen LogP contribution is 2.30. The van der Waals surface area contributed by atoms with E-state index in [0.29, 0.717) is 17.9 Å². The predicted molar refractivity (Wildman–Crippen MR) is 150 cm³/mol. The third kappa shape index (κ3) is 5.46. The fourth-order valence-electron chi connectivity index (χ4n) is 4.36. The van der Waals surface area contributed by atoms with Crippen LogP contribution in [0.1, 0.15) is 38.0 Å². The molecule has 43 heavy (non-hydrogen) atoms. The first kappa shape index (κ1) is 28.4. The van der Waals surface area contributed by atoms with Crippen LogP contribution in [0, 0.1) is 0 Å². The molecule has 0 spiro atoms. The Morgan fingerprint density at radius 3 is 1.63 bits per heavy atom. The van der Waals surface area contributed by atoms with Crippen LogP contribution in [0.5, 0.6) is 11.5 Å². The van der Waals surface area contributed by atoms with Crippen LogP contribution in [0.15, 0.2) is 60.9 Å². The normalized spacial score (nSPS) is 10.8. The molecule has 15 nitrogen and oxygen atoms in total. The Balaban J connectivity index is 1.59. The van der Waals surface area contributed by atoms with Crippen molar-refractivity contribution in [2.75, 3.05) is 20.8 Å². The Bertz CT molecular complexity index is 1740. The minimum absolute atomic E-state index is 0.0516. The number of amides is 1. The Hall–Kier alpha value is -6.12. The van der Waals surface area contributed by atoms with Crippen LogP contribution < -0.4 is 14.8 Å². The van der Waals surface area contributed by atoms with Gasteiger partial charge >= 0.3 is 11.9 Å². The molecule has 0 aliphatic carbocycles. The van der Waals surface area contributed by atoms with Gasteiger partial charge in [-0.25, -0.2) is 23.9 Å². The molecule has 0 fully saturated rings. The van der Waals surface area contributed by atoms with Crippen molar-refractivity contribution in [1.82, 2.24) is 40.3 Å². The molecule has 0 saturated carbocycles. The van der Waals surface area contributed by atoms with Crippen molar-refractivity contribution in [2.24, 2.45) is 0 Å². The van der Waals surface area contributed by atoms with Crippen LogP contribution in [0.25, 0.3) is 34.2 Å². The van der Waals surface area contributed by atoms with E-state index in [1.807, 2.05) is 0 Å². The van der Waals surface area contributed by atoms with E-state index in [0.717, 1.165) is 0 Å². The molecule has 1 amide bonds. The number of para-hydroxylation sites is 2. The molecule has 5 aromatic rings. The molecule has 0 unspecified atom stereocenters. The topological polar surface area (TPSA) is 196 Å². The predicted octanol–water partition coefficient (Wildman–Crippen LogP) is 2.74. The van der Waals surface area contributed by atoms with Gasteiger partial charge in [0, 0.05) is 12.1 Å². The smallest absolute Gasteiger partial charge is 0.339 e. The van der Waals surface area contributed by atoms with Gasteiger partial charge in [-0.3, -0.25) is 4.79 Å². The highest BCUT2D eigenvalue weighted by atomic mass is 16.5. The van der Waals surface area contributed by atoms with Crippen molar-refractivity contribution in [2.45, 2.75) is 6.92 Å². The maximum atomic E-state index is 12.9. The van der Waals surface area contributed by atoms with Crippen molar-refractivity contribution in [3.8, 4) is 45.6 Å². The average molecular weight is 585 g/mol. The highest BCUT2D eigenvalue weighted by molar-refractivity contribution is 5.96. The number of nitrogens with one attached hydrogen (secondary N) is 1. The van der Waals surface area contributed by atoms with E-state index in [-0.39, 0.29) is 56.9 Å². The first-order valence-electron chi connectivity index (χ1n) is 12.7. The summed E-state index contributed by atoms with van der Waals surface area (Å²) in [5.41, 5.74) is 1.94. The van der Waals surface area contributed by atoms with Gasteiger partial charge in [-0.1, -0.05) is 22.6 Å². The summed E-state index contributed by atoms with van der Waals surface area (Å²) in [7, 11) is 2.71. The van der Waals surface area contributed by atoms with Crippen molar-refractivity contribution >= 4 is 17.8 Å². The molecule has 0 aliphatic heterocycles. The van der Waals surface area contributed by atoms with E-state index >= 15 is 0 Å². The summed E-state index contributed by atoms with van der Waals surface area (Å²) in [6.07, 6.45) is 3.05. The molecule has 3 heterocycles. The minimum atomic E-state index is -1.17. The summed E-state index contributed by atoms with van der Waals surface area (Å²) in [6, 6.07) is 12.3. The number of nitrogens with zero attached hydrogens (tertiary/aromatic N) is 7. The number of carboxylic acids is 2. The van der Waals surface area contributed by atoms with Gasteiger partial charge in [0.1, 0.15) is 33.9 Å². The second-order valence-corrected chi connectivity index (χ2v) is 8.91. The van der Waals surface area contributed by atoms with Crippen LogP contribution in [-0.4, -0.2) is 83.8 Å². The quantitative estimate of drug-likeness (QED) is 0.217. The van der Waals surface area contributed by atoms with Gasteiger partial charge in [-0.2, -0.15) is 0 Å². The number of rotatable bonds is 10. The molecule has 3 aromatic heterocycles. The van der Waals surface area contributed by atoms with E-state index < -0.39 is 11.9 Å². The van der Waals surface area contributed by atoms with Gasteiger partial charge in [0.2, 0.25) is 0 Å². The molecule has 0 radical (unpaired) electrons. The minimum Gasteiger partial charge on any atom is -0.494 e. The maximum Gasteiger partial charge on any atom is 0.339 e. The number of pyridine rings is 1. The Labute approximate surface area is 243 Å². The average Bonchev–Trinajstić information content (AvgIpc) is 3.71. The van der Waals surface area contributed by atoms with Crippen LogP contribution in [0.3, 0.4) is 0 Å². The lowest BCUT2D eigenvalue weighted by molar-refractivity contribution is 0.0682. The third-order valence-corrected chi connectivity index (χ3v) is 6.29. The number of aromatic nitrogens is 7. The first-order valence-corrected chi connectivity index (χ1v) is 12.7. The zero-order valence-electron chi connectivity index (χ0n) is 23.0. The van der Waals surface area contributed by atoms with Crippen LogP contribution in [-0.2, 0) is 0 Å². The van der Waals surface area contributed by atoms with Crippen LogP contribution in [0.2, 0.25) is 0 Å². The monoisotopic (exact) mass is 584 g/mol. The van der Waals surface area contributed by atoms with Gasteiger partial charge in [0.15, 0.2) is 11.5 Å². The zero-order chi connectivity index (χ0) is 30.7. The van der Waals surface area contributed by atoms with Crippen molar-refractivity contribution in [3.63, 3.8) is 0 Å². The number of ether oxygens (including phenoxy) is 2. The number of benzene rings is 2. The zero-order valence-corrected chi connectivity index (χ0v) is 23.0. The largest absolute Gasteiger partial charge is 0.494 e. The van der Waals surface area contributed by atoms with Gasteiger partial charge in [0.05, 0.1) is 38.0 Å². The molecule has 0 atom stereocenters. The Morgan fingerprint density at radius 1 is 0.767 bits per heavy atom. The fraction of sp³-hybridized carbons (Fsp3) is 0.143. The second-order valence-electron chi connectivity index (χ2n) is 8.91. The van der Waals surface area contributed by atoms with E-state index in [1.54, 1.807) is 31.2 Å². The number of hydrogen-bond acceptors (Lipinski definition) is 10. The molecular weight excluding hydrogens is 560 g/mol. The SMILES string of the molecule is CCNC(=O)c1cc(-c2cn(-c3cccc(C(=O)O)c3OC)nn2)nc(-c2cn(-c3cccc(C(=O)O)c3OC)nn2)c1. The molecule has 218 valence electrons. The molecule has 0 aliphatic rings. The Morgan fingerprint density at radius 2 is 1.23 bits per heavy atom. The number of hydrogen-bond donors (Lipinski definition) is 3. The van der Waals surface area contributed by atoms with Gasteiger partial charge < -0.3 is 25.0 Å². The van der Waals surface area contributed by atoms with Gasteiger partial charge in [-0.15, -0.1) is 10.2 Å². The van der Waals surface area contributed by atoms with E-state index in [1.165, 1.54) is 60.2 Å². The van der Waals surface area contributed by atoms with E-state index in [9.17, 15) is 24.6 Å². The van der Waals surface area contributed by atoms with Crippen molar-refractivity contribution < 1.29 is 34.1 Å². The fourth-order valence-corrected chi connectivity index (χ4v) is 4.36. The molecule has 15 heteroatoms. The number of methoxy groups -OCH3 is 2. The lowest BCUT2D eigenvalue weighted by Gasteiger charge is -2.10. The second kappa shape index (κ2) is 11.8. The Kier molecular flexibility index (Phi) is 7.78. The van der Waals surface area contributed by atoms with E-state index in [4.69, 9.17) is 9.47 Å². The summed E-state index contributed by atoms with van der Waals surface area (Å²) in [5.74, 6) is -2.51. The number of carbonyl (C=O) groups is 3. The summed E-state index contributed by atoms with van der Waals surface area (Å²) in [4.78, 5) is 40.9. The number of carboxylic acid groups (broad SMARTS) is 2. The van der Waals surface area contributed by atoms with Crippen molar-refractivity contribution in [1.29, 1.82) is 0 Å². The first-order chi connectivity index (χ1) is 20.7. The summed E-state index contributed by atoms with van der Waals surface area (Å²) in [5, 5.41) is 38.5. The van der Waals surface area contributed by atoms with Gasteiger partial charge in [0.25, 0.3) is 5.91 Å². The molecular formula is C28H24N8O7. The molecule has 0 bridgehead atoms. The molecule has 5 rings (SSSR count). The van der Waals surface area contributed by atoms with E-state index in [2.05, 4.69) is 30.9 Å². The highest BCUT2D eigenvalue weighted by Gasteiger charge is 2.21. The number of aromatic carboxylic acids is 2. The standard InChI is InChI=1S/C28H24N8O7/c1-4-29-26(37)15-11-18(20-13-35(33-31-20)22-9-5-7-16(27(38)39)24(22)42-2)30-19(12-15)21-14-36(34-32-21)23-10-6-8-17(28(40)41)25(23)43-3/h5-14H,4H2,1-3H3,(H,29,37)(H,38,39)(H,40,41). The lowest BCUT2D eigenvalue weighted by atomic mass is 10.1. The summed E-state index contributed by atoms with van der Waals surface area (Å²) < 4.78 is 13.4. The molecule has 0 saturated heterocycles. The summed E-state index contributed by atoms with van der Waals surface area (Å²) in [6.45, 7) is 2.17. The maximum absolute atomic E-state index is 12.9. The van der Waals surface area contributed by atoms with Gasteiger partial charge in [-0.05, 0) is 43.3 Å². The van der Waals surface area contributed by atoms with Crippen LogP contribution in [0.4, 0.5) is 0 Å². The molecule has 2 aromatic carbocycles.